The molecule has 1 aromatic carbocycles. The summed E-state index contributed by atoms with van der Waals surface area (Å²) in [7, 11) is 1.87. The summed E-state index contributed by atoms with van der Waals surface area (Å²) in [5.41, 5.74) is 8.66. The molecule has 1 atom stereocenters. The SMILES string of the molecule is Cn1nccc1-c1csc(C(=O)N[C@H](CN)Cc2ccc(Cl)cc2Cl)c1. The lowest BCUT2D eigenvalue weighted by Crippen LogP contribution is -2.41. The van der Waals surface area contributed by atoms with Crippen molar-refractivity contribution < 1.29 is 4.79 Å². The van der Waals surface area contributed by atoms with Crippen LogP contribution in [0, 0.1) is 0 Å². The maximum absolute atomic E-state index is 12.6. The van der Waals surface area contributed by atoms with Gasteiger partial charge in [0.2, 0.25) is 0 Å². The van der Waals surface area contributed by atoms with Crippen LogP contribution in [-0.4, -0.2) is 28.3 Å². The van der Waals surface area contributed by atoms with Gasteiger partial charge in [-0.05, 0) is 36.2 Å². The standard InChI is InChI=1S/C18H18Cl2N4OS/c1-24-16(4-5-22-24)12-7-17(26-10-12)18(25)23-14(9-21)6-11-2-3-13(19)8-15(11)20/h2-5,7-8,10,14H,6,9,21H2,1H3,(H,23,25)/t14-/m0/s1. The van der Waals surface area contributed by atoms with Crippen molar-refractivity contribution in [3.63, 3.8) is 0 Å². The van der Waals surface area contributed by atoms with Crippen molar-refractivity contribution in [1.29, 1.82) is 0 Å². The van der Waals surface area contributed by atoms with Crippen LogP contribution in [0.3, 0.4) is 0 Å². The van der Waals surface area contributed by atoms with Crippen molar-refractivity contribution in [3.8, 4) is 11.3 Å². The van der Waals surface area contributed by atoms with Gasteiger partial charge < -0.3 is 11.1 Å². The number of carbonyl (C=O) groups excluding carboxylic acids is 1. The second kappa shape index (κ2) is 8.22. The van der Waals surface area contributed by atoms with Gasteiger partial charge in [0.1, 0.15) is 0 Å². The molecule has 0 spiro atoms. The number of benzene rings is 1. The van der Waals surface area contributed by atoms with E-state index in [1.165, 1.54) is 11.3 Å². The quantitative estimate of drug-likeness (QED) is 0.651. The minimum absolute atomic E-state index is 0.149. The smallest absolute Gasteiger partial charge is 0.261 e. The number of thiophene rings is 1. The molecule has 0 unspecified atom stereocenters. The minimum atomic E-state index is -0.219. The Bertz CT molecular complexity index is 922. The fourth-order valence-electron chi connectivity index (χ4n) is 2.65. The van der Waals surface area contributed by atoms with Crippen LogP contribution in [-0.2, 0) is 13.5 Å². The lowest BCUT2D eigenvalue weighted by atomic mass is 10.1. The van der Waals surface area contributed by atoms with Gasteiger partial charge in [-0.3, -0.25) is 9.48 Å². The lowest BCUT2D eigenvalue weighted by Gasteiger charge is -2.17. The molecule has 2 heterocycles. The van der Waals surface area contributed by atoms with Crippen LogP contribution in [0.1, 0.15) is 15.2 Å². The number of nitrogens with two attached hydrogens (primary N) is 1. The highest BCUT2D eigenvalue weighted by Crippen LogP contribution is 2.25. The molecule has 0 aliphatic carbocycles. The molecule has 0 aliphatic heterocycles. The van der Waals surface area contributed by atoms with E-state index in [2.05, 4.69) is 10.4 Å². The van der Waals surface area contributed by atoms with Crippen LogP contribution in [0.15, 0.2) is 41.9 Å². The van der Waals surface area contributed by atoms with Gasteiger partial charge in [-0.25, -0.2) is 0 Å². The van der Waals surface area contributed by atoms with Crippen molar-refractivity contribution in [2.24, 2.45) is 12.8 Å². The summed E-state index contributed by atoms with van der Waals surface area (Å²) in [4.78, 5) is 13.2. The van der Waals surface area contributed by atoms with Gasteiger partial charge in [0.05, 0.1) is 10.6 Å². The first kappa shape index (κ1) is 18.9. The van der Waals surface area contributed by atoms with E-state index in [0.29, 0.717) is 27.9 Å². The minimum Gasteiger partial charge on any atom is -0.347 e. The molecule has 8 heteroatoms. The first-order valence-corrected chi connectivity index (χ1v) is 9.63. The third kappa shape index (κ3) is 4.27. The van der Waals surface area contributed by atoms with Crippen LogP contribution < -0.4 is 11.1 Å². The summed E-state index contributed by atoms with van der Waals surface area (Å²) < 4.78 is 1.77. The summed E-state index contributed by atoms with van der Waals surface area (Å²) in [6.07, 6.45) is 2.27. The van der Waals surface area contributed by atoms with Crippen molar-refractivity contribution in [3.05, 3.63) is 62.4 Å². The topological polar surface area (TPSA) is 72.9 Å². The van der Waals surface area contributed by atoms with E-state index in [1.807, 2.05) is 30.6 Å². The number of nitrogens with one attached hydrogen (secondary N) is 1. The summed E-state index contributed by atoms with van der Waals surface area (Å²) in [5, 5.41) is 10.2. The van der Waals surface area contributed by atoms with Crippen molar-refractivity contribution in [2.45, 2.75) is 12.5 Å². The fourth-order valence-corrected chi connectivity index (χ4v) is 3.94. The Morgan fingerprint density at radius 1 is 1.35 bits per heavy atom. The van der Waals surface area contributed by atoms with Crippen molar-refractivity contribution >= 4 is 40.4 Å². The largest absolute Gasteiger partial charge is 0.347 e. The number of aryl methyl sites for hydroxylation is 1. The zero-order chi connectivity index (χ0) is 18.7. The first-order chi connectivity index (χ1) is 12.5. The summed E-state index contributed by atoms with van der Waals surface area (Å²) in [6.45, 7) is 0.310. The molecular formula is C18H18Cl2N4OS. The molecule has 5 nitrogen and oxygen atoms in total. The van der Waals surface area contributed by atoms with E-state index in [1.54, 1.807) is 23.0 Å². The van der Waals surface area contributed by atoms with Crippen LogP contribution in [0.4, 0.5) is 0 Å². The zero-order valence-corrected chi connectivity index (χ0v) is 16.4. The molecule has 0 radical (unpaired) electrons. The molecule has 2 aromatic heterocycles. The summed E-state index contributed by atoms with van der Waals surface area (Å²) in [5.74, 6) is -0.149. The number of hydrogen-bond acceptors (Lipinski definition) is 4. The third-order valence-electron chi connectivity index (χ3n) is 4.04. The third-order valence-corrected chi connectivity index (χ3v) is 5.56. The normalized spacial score (nSPS) is 12.2. The molecule has 3 aromatic rings. The molecule has 1 amide bonds. The second-order valence-corrected chi connectivity index (χ2v) is 7.64. The molecule has 0 bridgehead atoms. The van der Waals surface area contributed by atoms with E-state index >= 15 is 0 Å². The van der Waals surface area contributed by atoms with Crippen molar-refractivity contribution in [2.75, 3.05) is 6.54 Å². The number of halogens is 2. The highest BCUT2D eigenvalue weighted by molar-refractivity contribution is 7.12. The van der Waals surface area contributed by atoms with E-state index in [4.69, 9.17) is 28.9 Å². The Labute approximate surface area is 165 Å². The lowest BCUT2D eigenvalue weighted by molar-refractivity contribution is 0.0942. The zero-order valence-electron chi connectivity index (χ0n) is 14.1. The molecule has 3 N–H and O–H groups in total. The maximum Gasteiger partial charge on any atom is 0.261 e. The Hall–Kier alpha value is -1.86. The predicted octanol–water partition coefficient (Wildman–Crippen LogP) is 3.76. The maximum atomic E-state index is 12.6. The van der Waals surface area contributed by atoms with Gasteiger partial charge in [0.15, 0.2) is 0 Å². The molecule has 136 valence electrons. The molecule has 0 fully saturated rings. The van der Waals surface area contributed by atoms with Crippen LogP contribution in [0.5, 0.6) is 0 Å². The van der Waals surface area contributed by atoms with Crippen LogP contribution in [0.2, 0.25) is 10.0 Å². The monoisotopic (exact) mass is 408 g/mol. The number of amides is 1. The second-order valence-electron chi connectivity index (χ2n) is 5.89. The van der Waals surface area contributed by atoms with Gasteiger partial charge in [0.25, 0.3) is 5.91 Å². The van der Waals surface area contributed by atoms with E-state index in [9.17, 15) is 4.79 Å². The van der Waals surface area contributed by atoms with Gasteiger partial charge in [-0.2, -0.15) is 5.10 Å². The van der Waals surface area contributed by atoms with Gasteiger partial charge in [-0.15, -0.1) is 11.3 Å². The molecule has 3 rings (SSSR count). The first-order valence-electron chi connectivity index (χ1n) is 7.99. The van der Waals surface area contributed by atoms with Gasteiger partial charge in [-0.1, -0.05) is 29.3 Å². The number of hydrogen-bond donors (Lipinski definition) is 2. The number of nitrogens with zero attached hydrogens (tertiary/aromatic N) is 2. The Kier molecular flexibility index (Phi) is 5.98. The molecular weight excluding hydrogens is 391 g/mol. The molecule has 26 heavy (non-hydrogen) atoms. The van der Waals surface area contributed by atoms with Gasteiger partial charge in [0, 0.05) is 46.8 Å². The van der Waals surface area contributed by atoms with E-state index in [0.717, 1.165) is 16.8 Å². The van der Waals surface area contributed by atoms with Crippen LogP contribution >= 0.6 is 34.5 Å². The highest BCUT2D eigenvalue weighted by atomic mass is 35.5. The fraction of sp³-hybridized carbons (Fsp3) is 0.222. The summed E-state index contributed by atoms with van der Waals surface area (Å²) >= 11 is 13.5. The van der Waals surface area contributed by atoms with E-state index in [-0.39, 0.29) is 11.9 Å². The molecule has 0 saturated heterocycles. The number of rotatable bonds is 6. The molecule has 0 saturated carbocycles. The van der Waals surface area contributed by atoms with Gasteiger partial charge >= 0.3 is 0 Å². The number of aromatic nitrogens is 2. The molecule has 0 aliphatic rings. The predicted molar refractivity (Wildman–Crippen MR) is 107 cm³/mol. The van der Waals surface area contributed by atoms with Crippen LogP contribution in [0.25, 0.3) is 11.3 Å². The Balaban J connectivity index is 1.70. The average Bonchev–Trinajstić information content (AvgIpc) is 3.25. The number of carbonyl (C=O) groups is 1. The highest BCUT2D eigenvalue weighted by Gasteiger charge is 2.17. The average molecular weight is 409 g/mol. The summed E-state index contributed by atoms with van der Waals surface area (Å²) in [6, 6.07) is 8.87. The van der Waals surface area contributed by atoms with E-state index < -0.39 is 0 Å². The van der Waals surface area contributed by atoms with Crippen molar-refractivity contribution in [1.82, 2.24) is 15.1 Å². The Morgan fingerprint density at radius 3 is 2.81 bits per heavy atom. The Morgan fingerprint density at radius 2 is 2.15 bits per heavy atom.